The first-order chi connectivity index (χ1) is 11.1. The summed E-state index contributed by atoms with van der Waals surface area (Å²) in [5.74, 6) is 1.28. The molecule has 0 aromatic carbocycles. The van der Waals surface area contributed by atoms with Crippen molar-refractivity contribution in [1.82, 2.24) is 30.2 Å². The molecule has 1 N–H and O–H groups in total. The number of hydrogen-bond acceptors (Lipinski definition) is 8. The van der Waals surface area contributed by atoms with Crippen LogP contribution in [0.15, 0.2) is 16.0 Å². The van der Waals surface area contributed by atoms with Gasteiger partial charge in [0.25, 0.3) is 0 Å². The van der Waals surface area contributed by atoms with Gasteiger partial charge in [-0.1, -0.05) is 16.9 Å². The molecule has 0 saturated heterocycles. The summed E-state index contributed by atoms with van der Waals surface area (Å²) in [7, 11) is 1.86. The Labute approximate surface area is 144 Å². The number of ether oxygens (including phenoxy) is 1. The van der Waals surface area contributed by atoms with Crippen molar-refractivity contribution in [2.24, 2.45) is 7.05 Å². The van der Waals surface area contributed by atoms with E-state index in [1.54, 1.807) is 45.5 Å². The van der Waals surface area contributed by atoms with Gasteiger partial charge in [-0.2, -0.15) is 4.98 Å². The summed E-state index contributed by atoms with van der Waals surface area (Å²) in [4.78, 5) is 16.3. The Morgan fingerprint density at radius 3 is 2.67 bits per heavy atom. The lowest BCUT2D eigenvalue weighted by Gasteiger charge is -2.26. The Morgan fingerprint density at radius 2 is 2.08 bits per heavy atom. The summed E-state index contributed by atoms with van der Waals surface area (Å²) in [5.41, 5.74) is -1.39. The molecule has 2 aromatic rings. The molecule has 0 aliphatic rings. The Balaban J connectivity index is 1.97. The van der Waals surface area contributed by atoms with E-state index in [0.717, 1.165) is 5.16 Å². The van der Waals surface area contributed by atoms with Crippen molar-refractivity contribution in [3.05, 3.63) is 18.0 Å². The van der Waals surface area contributed by atoms with E-state index in [0.29, 0.717) is 17.5 Å². The molecule has 9 nitrogen and oxygen atoms in total. The van der Waals surface area contributed by atoms with E-state index in [1.165, 1.54) is 11.8 Å². The van der Waals surface area contributed by atoms with Crippen LogP contribution in [0.1, 0.15) is 46.3 Å². The number of nitrogens with one attached hydrogen (secondary N) is 1. The molecule has 2 rings (SSSR count). The predicted octanol–water partition coefficient (Wildman–Crippen LogP) is 2.25. The number of hydrogen-bond donors (Lipinski definition) is 1. The lowest BCUT2D eigenvalue weighted by Crippen LogP contribution is -2.44. The molecule has 1 amide bonds. The van der Waals surface area contributed by atoms with Crippen LogP contribution >= 0.6 is 11.8 Å². The van der Waals surface area contributed by atoms with Crippen LogP contribution in [0.2, 0.25) is 0 Å². The first kappa shape index (κ1) is 18.2. The highest BCUT2D eigenvalue weighted by Crippen LogP contribution is 2.22. The largest absolute Gasteiger partial charge is 0.444 e. The van der Waals surface area contributed by atoms with Gasteiger partial charge in [-0.3, -0.25) is 0 Å². The molecule has 0 spiro atoms. The fraction of sp³-hybridized carbons (Fsp3) is 0.643. The zero-order valence-corrected chi connectivity index (χ0v) is 15.5. The quantitative estimate of drug-likeness (QED) is 0.815. The van der Waals surface area contributed by atoms with Gasteiger partial charge in [-0.25, -0.2) is 4.79 Å². The van der Waals surface area contributed by atoms with Crippen molar-refractivity contribution >= 4 is 17.9 Å². The van der Waals surface area contributed by atoms with Gasteiger partial charge in [-0.15, -0.1) is 10.2 Å². The van der Waals surface area contributed by atoms with Gasteiger partial charge in [0.2, 0.25) is 5.89 Å². The third-order valence-electron chi connectivity index (χ3n) is 2.84. The minimum Gasteiger partial charge on any atom is -0.444 e. The Kier molecular flexibility index (Phi) is 5.16. The minimum absolute atomic E-state index is 0.377. The number of aryl methyl sites for hydroxylation is 1. The zero-order chi connectivity index (χ0) is 18.0. The highest BCUT2D eigenvalue weighted by atomic mass is 32.2. The number of nitrogens with zero attached hydrogens (tertiary/aromatic N) is 5. The SMILES string of the molecule is Cn1cnnc1SCc1nc(C(C)(C)NC(=O)OC(C)(C)C)no1. The summed E-state index contributed by atoms with van der Waals surface area (Å²) >= 11 is 1.43. The molecule has 0 saturated carbocycles. The number of aromatic nitrogens is 5. The lowest BCUT2D eigenvalue weighted by molar-refractivity contribution is 0.0465. The average molecular weight is 354 g/mol. The van der Waals surface area contributed by atoms with E-state index in [1.807, 2.05) is 7.05 Å². The van der Waals surface area contributed by atoms with E-state index in [4.69, 9.17) is 9.26 Å². The van der Waals surface area contributed by atoms with Crippen molar-refractivity contribution in [1.29, 1.82) is 0 Å². The maximum atomic E-state index is 11.9. The summed E-state index contributed by atoms with van der Waals surface area (Å²) in [6.07, 6.45) is 1.09. The first-order valence-electron chi connectivity index (χ1n) is 7.38. The minimum atomic E-state index is -0.820. The summed E-state index contributed by atoms with van der Waals surface area (Å²) in [6, 6.07) is 0. The van der Waals surface area contributed by atoms with Crippen molar-refractivity contribution in [2.45, 2.75) is 56.7 Å². The topological polar surface area (TPSA) is 108 Å². The number of rotatable bonds is 5. The van der Waals surface area contributed by atoms with Gasteiger partial charge in [0.1, 0.15) is 17.5 Å². The molecule has 10 heteroatoms. The monoisotopic (exact) mass is 354 g/mol. The fourth-order valence-electron chi connectivity index (χ4n) is 1.71. The first-order valence-corrected chi connectivity index (χ1v) is 8.36. The Bertz CT molecular complexity index is 703. The van der Waals surface area contributed by atoms with Crippen LogP contribution in [0.5, 0.6) is 0 Å². The van der Waals surface area contributed by atoms with Crippen LogP contribution in [-0.4, -0.2) is 36.6 Å². The van der Waals surface area contributed by atoms with Gasteiger partial charge in [0, 0.05) is 7.05 Å². The second-order valence-electron chi connectivity index (χ2n) is 6.78. The molecule has 132 valence electrons. The van der Waals surface area contributed by atoms with Crippen LogP contribution in [0, 0.1) is 0 Å². The maximum Gasteiger partial charge on any atom is 0.408 e. The summed E-state index contributed by atoms with van der Waals surface area (Å²) in [5, 5.41) is 15.2. The Hall–Kier alpha value is -2.10. The number of alkyl carbamates (subject to hydrolysis) is 1. The van der Waals surface area contributed by atoms with E-state index in [-0.39, 0.29) is 0 Å². The standard InChI is InChI=1S/C14H22N6O3S/c1-13(2,3)22-12(21)17-14(4,5)10-16-9(23-19-10)7-24-11-18-15-8-20(11)6/h8H,7H2,1-6H3,(H,17,21). The molecule has 0 unspecified atom stereocenters. The number of carbonyl (C=O) groups excluding carboxylic acids is 1. The molecule has 0 radical (unpaired) electrons. The van der Waals surface area contributed by atoms with Gasteiger partial charge in [0.15, 0.2) is 11.0 Å². The Morgan fingerprint density at radius 1 is 1.38 bits per heavy atom. The molecular formula is C14H22N6O3S. The molecule has 2 heterocycles. The second kappa shape index (κ2) is 6.80. The molecule has 0 aliphatic carbocycles. The fourth-order valence-corrected chi connectivity index (χ4v) is 2.44. The van der Waals surface area contributed by atoms with Crippen LogP contribution in [-0.2, 0) is 23.1 Å². The third-order valence-corrected chi connectivity index (χ3v) is 3.85. The second-order valence-corrected chi connectivity index (χ2v) is 7.72. The van der Waals surface area contributed by atoms with Crippen molar-refractivity contribution in [2.75, 3.05) is 0 Å². The van der Waals surface area contributed by atoms with Crippen LogP contribution < -0.4 is 5.32 Å². The van der Waals surface area contributed by atoms with Crippen LogP contribution in [0.25, 0.3) is 0 Å². The molecule has 0 fully saturated rings. The number of carbonyl (C=O) groups is 1. The third kappa shape index (κ3) is 4.95. The molecule has 0 bridgehead atoms. The van der Waals surface area contributed by atoms with Crippen LogP contribution in [0.3, 0.4) is 0 Å². The smallest absolute Gasteiger partial charge is 0.408 e. The normalized spacial score (nSPS) is 12.2. The van der Waals surface area contributed by atoms with Crippen molar-refractivity contribution < 1.29 is 14.1 Å². The van der Waals surface area contributed by atoms with Gasteiger partial charge in [-0.05, 0) is 34.6 Å². The van der Waals surface area contributed by atoms with E-state index >= 15 is 0 Å². The lowest BCUT2D eigenvalue weighted by atomic mass is 10.1. The number of amides is 1. The van der Waals surface area contributed by atoms with Crippen molar-refractivity contribution in [3.63, 3.8) is 0 Å². The average Bonchev–Trinajstić information content (AvgIpc) is 3.02. The van der Waals surface area contributed by atoms with Gasteiger partial charge < -0.3 is 19.1 Å². The van der Waals surface area contributed by atoms with E-state index < -0.39 is 17.2 Å². The van der Waals surface area contributed by atoms with E-state index in [9.17, 15) is 4.79 Å². The molecule has 24 heavy (non-hydrogen) atoms. The van der Waals surface area contributed by atoms with Crippen LogP contribution in [0.4, 0.5) is 4.79 Å². The van der Waals surface area contributed by atoms with Crippen molar-refractivity contribution in [3.8, 4) is 0 Å². The zero-order valence-electron chi connectivity index (χ0n) is 14.7. The maximum absolute atomic E-state index is 11.9. The predicted molar refractivity (Wildman–Crippen MR) is 87.3 cm³/mol. The van der Waals surface area contributed by atoms with E-state index in [2.05, 4.69) is 25.7 Å². The highest BCUT2D eigenvalue weighted by molar-refractivity contribution is 7.98. The van der Waals surface area contributed by atoms with Gasteiger partial charge >= 0.3 is 6.09 Å². The van der Waals surface area contributed by atoms with Gasteiger partial charge in [0.05, 0.1) is 5.75 Å². The molecule has 0 atom stereocenters. The summed E-state index contributed by atoms with van der Waals surface area (Å²) < 4.78 is 12.3. The molecule has 2 aromatic heterocycles. The molecule has 0 aliphatic heterocycles. The molecular weight excluding hydrogens is 332 g/mol. The highest BCUT2D eigenvalue weighted by Gasteiger charge is 2.31. The summed E-state index contributed by atoms with van der Waals surface area (Å²) in [6.45, 7) is 8.96. The number of thioether (sulfide) groups is 1.